The maximum absolute atomic E-state index is 11.8. The van der Waals surface area contributed by atoms with E-state index in [9.17, 15) is 9.59 Å². The molecule has 0 fully saturated rings. The van der Waals surface area contributed by atoms with Crippen molar-refractivity contribution in [3.8, 4) is 11.5 Å². The lowest BCUT2D eigenvalue weighted by atomic mass is 10.2. The average Bonchev–Trinajstić information content (AvgIpc) is 2.77. The number of carbonyl (C=O) groups is 2. The fourth-order valence-corrected chi connectivity index (χ4v) is 2.51. The average molecular weight is 425 g/mol. The van der Waals surface area contributed by atoms with E-state index in [1.807, 2.05) is 62.4 Å². The van der Waals surface area contributed by atoms with Crippen LogP contribution < -0.4 is 20.3 Å². The number of nitrogens with zero attached hydrogens (tertiary/aromatic N) is 2. The van der Waals surface area contributed by atoms with E-state index < -0.39 is 0 Å². The van der Waals surface area contributed by atoms with Crippen LogP contribution >= 0.6 is 0 Å². The summed E-state index contributed by atoms with van der Waals surface area (Å²) in [4.78, 5) is 23.6. The van der Waals surface area contributed by atoms with Gasteiger partial charge in [0.2, 0.25) is 11.8 Å². The summed E-state index contributed by atoms with van der Waals surface area (Å²) in [6.07, 6.45) is 3.88. The smallest absolute Gasteiger partial charge is 0.240 e. The van der Waals surface area contributed by atoms with Crippen LogP contribution in [0.25, 0.3) is 0 Å². The molecule has 0 atom stereocenters. The van der Waals surface area contributed by atoms with Crippen molar-refractivity contribution >= 4 is 24.2 Å². The molecule has 2 aromatic rings. The minimum atomic E-state index is -0.257. The highest BCUT2D eigenvalue weighted by Gasteiger charge is 2.04. The molecule has 0 aliphatic rings. The number of nitrogens with one attached hydrogen (secondary N) is 2. The van der Waals surface area contributed by atoms with E-state index in [2.05, 4.69) is 21.1 Å². The molecule has 8 nitrogen and oxygen atoms in total. The third-order valence-corrected chi connectivity index (χ3v) is 4.00. The van der Waals surface area contributed by atoms with E-state index in [-0.39, 0.29) is 24.7 Å². The Hall–Kier alpha value is -3.68. The van der Waals surface area contributed by atoms with Crippen molar-refractivity contribution in [1.82, 2.24) is 10.9 Å². The minimum Gasteiger partial charge on any atom is -0.494 e. The van der Waals surface area contributed by atoms with E-state index in [1.165, 1.54) is 0 Å². The van der Waals surface area contributed by atoms with Crippen molar-refractivity contribution in [2.45, 2.75) is 33.1 Å². The van der Waals surface area contributed by atoms with Crippen LogP contribution in [0, 0.1) is 0 Å². The van der Waals surface area contributed by atoms with Crippen LogP contribution in [0.4, 0.5) is 0 Å². The second-order valence-corrected chi connectivity index (χ2v) is 6.44. The zero-order chi connectivity index (χ0) is 22.3. The molecule has 2 aromatic carbocycles. The normalized spacial score (nSPS) is 10.9. The molecule has 0 unspecified atom stereocenters. The van der Waals surface area contributed by atoms with E-state index in [1.54, 1.807) is 12.4 Å². The monoisotopic (exact) mass is 424 g/mol. The first-order valence-corrected chi connectivity index (χ1v) is 10.2. The summed E-state index contributed by atoms with van der Waals surface area (Å²) < 4.78 is 10.7. The molecule has 0 saturated carbocycles. The number of hydrogen-bond acceptors (Lipinski definition) is 6. The van der Waals surface area contributed by atoms with Crippen molar-refractivity contribution in [1.29, 1.82) is 0 Å². The number of ether oxygens (including phenoxy) is 2. The Kier molecular flexibility index (Phi) is 10.3. The molecule has 0 saturated heterocycles. The molecule has 2 rings (SSSR count). The van der Waals surface area contributed by atoms with Crippen molar-refractivity contribution in [2.75, 3.05) is 13.2 Å². The SMILES string of the molecule is CCOc1ccc(C=NNC(=O)CCCC(=O)NN=Cc2ccc(OCC)cc2)cc1. The van der Waals surface area contributed by atoms with Gasteiger partial charge in [-0.25, -0.2) is 10.9 Å². The Morgan fingerprint density at radius 3 is 1.48 bits per heavy atom. The van der Waals surface area contributed by atoms with Crippen LogP contribution in [-0.4, -0.2) is 37.5 Å². The molecule has 0 aliphatic carbocycles. The Labute approximate surface area is 182 Å². The third kappa shape index (κ3) is 9.58. The van der Waals surface area contributed by atoms with Crippen LogP contribution in [0.2, 0.25) is 0 Å². The van der Waals surface area contributed by atoms with Crippen molar-refractivity contribution in [3.05, 3.63) is 59.7 Å². The summed E-state index contributed by atoms with van der Waals surface area (Å²) in [6.45, 7) is 5.06. The van der Waals surface area contributed by atoms with Gasteiger partial charge in [0, 0.05) is 12.8 Å². The molecule has 31 heavy (non-hydrogen) atoms. The van der Waals surface area contributed by atoms with Gasteiger partial charge in [-0.1, -0.05) is 0 Å². The van der Waals surface area contributed by atoms with Crippen LogP contribution in [-0.2, 0) is 9.59 Å². The Balaban J connectivity index is 1.62. The highest BCUT2D eigenvalue weighted by molar-refractivity contribution is 5.84. The van der Waals surface area contributed by atoms with Crippen molar-refractivity contribution < 1.29 is 19.1 Å². The van der Waals surface area contributed by atoms with Crippen LogP contribution in [0.5, 0.6) is 11.5 Å². The molecule has 8 heteroatoms. The maximum Gasteiger partial charge on any atom is 0.240 e. The number of benzene rings is 2. The Bertz CT molecular complexity index is 804. The minimum absolute atomic E-state index is 0.191. The molecule has 0 heterocycles. The van der Waals surface area contributed by atoms with Gasteiger partial charge in [-0.3, -0.25) is 9.59 Å². The fraction of sp³-hybridized carbons (Fsp3) is 0.304. The molecule has 2 N–H and O–H groups in total. The van der Waals surface area contributed by atoms with E-state index in [4.69, 9.17) is 9.47 Å². The molecule has 2 amide bonds. The Morgan fingerprint density at radius 1 is 0.742 bits per heavy atom. The molecular formula is C23H28N4O4. The molecule has 0 bridgehead atoms. The summed E-state index contributed by atoms with van der Waals surface area (Å²) in [5.41, 5.74) is 6.58. The van der Waals surface area contributed by atoms with Gasteiger partial charge in [0.05, 0.1) is 25.6 Å². The van der Waals surface area contributed by atoms with E-state index in [0.29, 0.717) is 19.6 Å². The summed E-state index contributed by atoms with van der Waals surface area (Å²) >= 11 is 0. The lowest BCUT2D eigenvalue weighted by Crippen LogP contribution is -2.20. The first-order chi connectivity index (χ1) is 15.1. The van der Waals surface area contributed by atoms with Gasteiger partial charge >= 0.3 is 0 Å². The van der Waals surface area contributed by atoms with Gasteiger partial charge in [-0.2, -0.15) is 10.2 Å². The second kappa shape index (κ2) is 13.5. The topological polar surface area (TPSA) is 101 Å². The maximum atomic E-state index is 11.8. The van der Waals surface area contributed by atoms with E-state index in [0.717, 1.165) is 22.6 Å². The quantitative estimate of drug-likeness (QED) is 0.403. The summed E-state index contributed by atoms with van der Waals surface area (Å²) in [5.74, 6) is 1.05. The van der Waals surface area contributed by atoms with Crippen LogP contribution in [0.15, 0.2) is 58.7 Å². The summed E-state index contributed by atoms with van der Waals surface area (Å²) in [5, 5.41) is 7.83. The van der Waals surface area contributed by atoms with Gasteiger partial charge in [0.15, 0.2) is 0 Å². The van der Waals surface area contributed by atoms with Gasteiger partial charge in [-0.15, -0.1) is 0 Å². The van der Waals surface area contributed by atoms with Gasteiger partial charge in [0.1, 0.15) is 11.5 Å². The molecule has 0 aromatic heterocycles. The first-order valence-electron chi connectivity index (χ1n) is 10.2. The number of hydrazone groups is 2. The highest BCUT2D eigenvalue weighted by Crippen LogP contribution is 2.11. The predicted octanol–water partition coefficient (Wildman–Crippen LogP) is 3.25. The second-order valence-electron chi connectivity index (χ2n) is 6.44. The zero-order valence-corrected chi connectivity index (χ0v) is 17.8. The summed E-state index contributed by atoms with van der Waals surface area (Å²) in [7, 11) is 0. The number of amides is 2. The van der Waals surface area contributed by atoms with Crippen molar-refractivity contribution in [3.63, 3.8) is 0 Å². The largest absolute Gasteiger partial charge is 0.494 e. The van der Waals surface area contributed by atoms with E-state index >= 15 is 0 Å². The number of carbonyl (C=O) groups excluding carboxylic acids is 2. The summed E-state index contributed by atoms with van der Waals surface area (Å²) in [6, 6.07) is 14.7. The third-order valence-electron chi connectivity index (χ3n) is 4.00. The number of rotatable bonds is 12. The van der Waals surface area contributed by atoms with Crippen molar-refractivity contribution in [2.24, 2.45) is 10.2 Å². The molecule has 0 radical (unpaired) electrons. The molecule has 0 spiro atoms. The molecule has 164 valence electrons. The number of hydrogen-bond donors (Lipinski definition) is 2. The highest BCUT2D eigenvalue weighted by atomic mass is 16.5. The standard InChI is InChI=1S/C23H28N4O4/c1-3-30-20-12-8-18(9-13-20)16-24-26-22(28)6-5-7-23(29)27-25-17-19-10-14-21(15-11-19)31-4-2/h8-17H,3-7H2,1-2H3,(H,26,28)(H,27,29). The predicted molar refractivity (Wildman–Crippen MR) is 121 cm³/mol. The molecule has 0 aliphatic heterocycles. The lowest BCUT2D eigenvalue weighted by molar-refractivity contribution is -0.122. The van der Waals surface area contributed by atoms with Gasteiger partial charge < -0.3 is 9.47 Å². The first kappa shape index (κ1) is 23.6. The fourth-order valence-electron chi connectivity index (χ4n) is 2.51. The van der Waals surface area contributed by atoms with Gasteiger partial charge in [0.25, 0.3) is 0 Å². The Morgan fingerprint density at radius 2 is 1.13 bits per heavy atom. The zero-order valence-electron chi connectivity index (χ0n) is 17.8. The molecular weight excluding hydrogens is 396 g/mol. The van der Waals surface area contributed by atoms with Crippen LogP contribution in [0.1, 0.15) is 44.2 Å². The van der Waals surface area contributed by atoms with Gasteiger partial charge in [-0.05, 0) is 79.9 Å². The van der Waals surface area contributed by atoms with Crippen LogP contribution in [0.3, 0.4) is 0 Å². The lowest BCUT2D eigenvalue weighted by Gasteiger charge is -2.03.